The van der Waals surface area contributed by atoms with Gasteiger partial charge in [-0.05, 0) is 31.1 Å². The molecule has 2 heterocycles. The average molecular weight is 222 g/mol. The van der Waals surface area contributed by atoms with Crippen LogP contribution in [0, 0.1) is 0 Å². The largest absolute Gasteiger partial charge is 0.367 e. The van der Waals surface area contributed by atoms with E-state index >= 15 is 0 Å². The fourth-order valence-corrected chi connectivity index (χ4v) is 2.20. The Labute approximate surface area is 97.4 Å². The number of nitrogens with two attached hydrogens (primary N) is 1. The van der Waals surface area contributed by atoms with E-state index in [0.717, 1.165) is 26.1 Å². The lowest BCUT2D eigenvalue weighted by atomic mass is 10.2. The number of hydrogen-bond acceptors (Lipinski definition) is 3. The van der Waals surface area contributed by atoms with Gasteiger partial charge in [0.25, 0.3) is 0 Å². The van der Waals surface area contributed by atoms with E-state index in [1.54, 1.807) is 0 Å². The molecule has 0 aliphatic carbocycles. The number of rotatable bonds is 5. The number of piperazine rings is 1. The maximum absolute atomic E-state index is 5.52. The Bertz CT molecular complexity index is 275. The number of aromatic nitrogens is 1. The van der Waals surface area contributed by atoms with E-state index in [2.05, 4.69) is 27.0 Å². The van der Waals surface area contributed by atoms with Crippen LogP contribution in [0.2, 0.25) is 0 Å². The second kappa shape index (κ2) is 6.03. The minimum atomic E-state index is 0.809. The third kappa shape index (κ3) is 3.33. The first-order chi connectivity index (χ1) is 7.88. The zero-order chi connectivity index (χ0) is 11.2. The Morgan fingerprint density at radius 3 is 2.56 bits per heavy atom. The van der Waals surface area contributed by atoms with Gasteiger partial charge in [-0.25, -0.2) is 0 Å². The molecule has 16 heavy (non-hydrogen) atoms. The normalized spacial score (nSPS) is 19.1. The van der Waals surface area contributed by atoms with Crippen LogP contribution in [-0.4, -0.2) is 54.1 Å². The lowest BCUT2D eigenvalue weighted by Gasteiger charge is -2.34. The van der Waals surface area contributed by atoms with Gasteiger partial charge in [0.2, 0.25) is 0 Å². The molecular weight excluding hydrogens is 200 g/mol. The summed E-state index contributed by atoms with van der Waals surface area (Å²) in [7, 11) is 0. The molecule has 1 aliphatic heterocycles. The van der Waals surface area contributed by atoms with Crippen LogP contribution in [0.5, 0.6) is 0 Å². The monoisotopic (exact) mass is 222 g/mol. The molecule has 0 atom stereocenters. The molecule has 0 bridgehead atoms. The highest BCUT2D eigenvalue weighted by Crippen LogP contribution is 2.07. The molecule has 4 heteroatoms. The summed E-state index contributed by atoms with van der Waals surface area (Å²) in [5.74, 6) is 0. The molecule has 0 aromatic carbocycles. The van der Waals surface area contributed by atoms with Gasteiger partial charge in [0.1, 0.15) is 0 Å². The van der Waals surface area contributed by atoms with Gasteiger partial charge in [0.05, 0.1) is 0 Å². The number of H-pyrrole nitrogens is 1. The molecule has 0 amide bonds. The molecule has 4 nitrogen and oxygen atoms in total. The van der Waals surface area contributed by atoms with Crippen LogP contribution in [0.3, 0.4) is 0 Å². The standard InChI is InChI=1S/C12H22N4/c13-3-1-5-15-6-8-16(9-7-15)11-12-2-4-14-10-12/h2,4,10,14H,1,3,5-9,11,13H2. The van der Waals surface area contributed by atoms with Crippen LogP contribution in [0.15, 0.2) is 18.5 Å². The Balaban J connectivity index is 1.69. The smallest absolute Gasteiger partial charge is 0.0249 e. The Morgan fingerprint density at radius 2 is 1.94 bits per heavy atom. The summed E-state index contributed by atoms with van der Waals surface area (Å²) in [6.07, 6.45) is 5.20. The SMILES string of the molecule is NCCCN1CCN(Cc2cc[nH]c2)CC1. The fourth-order valence-electron chi connectivity index (χ4n) is 2.20. The van der Waals surface area contributed by atoms with Crippen molar-refractivity contribution in [2.75, 3.05) is 39.3 Å². The van der Waals surface area contributed by atoms with E-state index in [9.17, 15) is 0 Å². The number of hydrogen-bond donors (Lipinski definition) is 2. The van der Waals surface area contributed by atoms with Crippen molar-refractivity contribution >= 4 is 0 Å². The van der Waals surface area contributed by atoms with E-state index in [4.69, 9.17) is 5.73 Å². The van der Waals surface area contributed by atoms with Crippen LogP contribution in [0.4, 0.5) is 0 Å². The summed E-state index contributed by atoms with van der Waals surface area (Å²) in [6, 6.07) is 2.15. The molecule has 1 aromatic heterocycles. The lowest BCUT2D eigenvalue weighted by Crippen LogP contribution is -2.46. The Kier molecular flexibility index (Phi) is 4.39. The molecule has 0 spiro atoms. The van der Waals surface area contributed by atoms with Gasteiger partial charge in [0.15, 0.2) is 0 Å². The van der Waals surface area contributed by atoms with E-state index < -0.39 is 0 Å². The topological polar surface area (TPSA) is 48.3 Å². The number of nitrogens with one attached hydrogen (secondary N) is 1. The van der Waals surface area contributed by atoms with Gasteiger partial charge in [0, 0.05) is 45.1 Å². The van der Waals surface area contributed by atoms with Crippen molar-refractivity contribution in [3.63, 3.8) is 0 Å². The van der Waals surface area contributed by atoms with Crippen LogP contribution in [0.25, 0.3) is 0 Å². The van der Waals surface area contributed by atoms with Gasteiger partial charge in [-0.3, -0.25) is 4.90 Å². The lowest BCUT2D eigenvalue weighted by molar-refractivity contribution is 0.127. The van der Waals surface area contributed by atoms with E-state index in [1.165, 1.54) is 31.7 Å². The van der Waals surface area contributed by atoms with Crippen LogP contribution < -0.4 is 5.73 Å². The van der Waals surface area contributed by atoms with E-state index in [1.807, 2.05) is 6.20 Å². The van der Waals surface area contributed by atoms with Gasteiger partial charge in [-0.15, -0.1) is 0 Å². The second-order valence-corrected chi connectivity index (χ2v) is 4.48. The third-order valence-electron chi connectivity index (χ3n) is 3.21. The summed E-state index contributed by atoms with van der Waals surface area (Å²) in [6.45, 7) is 7.77. The molecule has 0 saturated carbocycles. The fraction of sp³-hybridized carbons (Fsp3) is 0.667. The third-order valence-corrected chi connectivity index (χ3v) is 3.21. The van der Waals surface area contributed by atoms with Crippen LogP contribution in [0.1, 0.15) is 12.0 Å². The van der Waals surface area contributed by atoms with Gasteiger partial charge in [-0.1, -0.05) is 0 Å². The predicted octanol–water partition coefficient (Wildman–Crippen LogP) is 0.481. The molecule has 3 N–H and O–H groups in total. The van der Waals surface area contributed by atoms with Gasteiger partial charge < -0.3 is 15.6 Å². The average Bonchev–Trinajstić information content (AvgIpc) is 2.81. The van der Waals surface area contributed by atoms with Crippen molar-refractivity contribution in [3.05, 3.63) is 24.0 Å². The van der Waals surface area contributed by atoms with Crippen LogP contribution in [-0.2, 0) is 6.54 Å². The molecule has 2 rings (SSSR count). The maximum Gasteiger partial charge on any atom is 0.0249 e. The van der Waals surface area contributed by atoms with Crippen LogP contribution >= 0.6 is 0 Å². The molecule has 1 fully saturated rings. The van der Waals surface area contributed by atoms with Crippen molar-refractivity contribution in [1.82, 2.24) is 14.8 Å². The summed E-state index contributed by atoms with van der Waals surface area (Å²) in [4.78, 5) is 8.14. The number of aromatic amines is 1. The van der Waals surface area contributed by atoms with Crippen molar-refractivity contribution in [2.24, 2.45) is 5.73 Å². The Morgan fingerprint density at radius 1 is 1.19 bits per heavy atom. The minimum absolute atomic E-state index is 0.809. The molecule has 90 valence electrons. The van der Waals surface area contributed by atoms with Gasteiger partial charge in [-0.2, -0.15) is 0 Å². The highest BCUT2D eigenvalue weighted by molar-refractivity contribution is 5.08. The van der Waals surface area contributed by atoms with Crippen molar-refractivity contribution in [1.29, 1.82) is 0 Å². The summed E-state index contributed by atoms with van der Waals surface area (Å²) in [5.41, 5.74) is 6.91. The second-order valence-electron chi connectivity index (χ2n) is 4.48. The van der Waals surface area contributed by atoms with Crippen molar-refractivity contribution in [3.8, 4) is 0 Å². The zero-order valence-corrected chi connectivity index (χ0v) is 9.86. The molecule has 0 radical (unpaired) electrons. The van der Waals surface area contributed by atoms with Crippen molar-refractivity contribution < 1.29 is 0 Å². The van der Waals surface area contributed by atoms with E-state index in [-0.39, 0.29) is 0 Å². The maximum atomic E-state index is 5.52. The Hall–Kier alpha value is -0.840. The number of nitrogens with zero attached hydrogens (tertiary/aromatic N) is 2. The highest BCUT2D eigenvalue weighted by Gasteiger charge is 2.16. The van der Waals surface area contributed by atoms with E-state index in [0.29, 0.717) is 0 Å². The molecule has 1 aliphatic rings. The van der Waals surface area contributed by atoms with Crippen molar-refractivity contribution in [2.45, 2.75) is 13.0 Å². The zero-order valence-electron chi connectivity index (χ0n) is 9.86. The summed E-state index contributed by atoms with van der Waals surface area (Å²) in [5, 5.41) is 0. The first kappa shape index (κ1) is 11.6. The summed E-state index contributed by atoms with van der Waals surface area (Å²) < 4.78 is 0. The summed E-state index contributed by atoms with van der Waals surface area (Å²) >= 11 is 0. The predicted molar refractivity (Wildman–Crippen MR) is 66.2 cm³/mol. The molecule has 0 unspecified atom stereocenters. The minimum Gasteiger partial charge on any atom is -0.367 e. The first-order valence-corrected chi connectivity index (χ1v) is 6.15. The molecular formula is C12H22N4. The quantitative estimate of drug-likeness (QED) is 0.762. The molecule has 1 aromatic rings. The molecule has 1 saturated heterocycles. The highest BCUT2D eigenvalue weighted by atomic mass is 15.3. The van der Waals surface area contributed by atoms with Gasteiger partial charge >= 0.3 is 0 Å². The first-order valence-electron chi connectivity index (χ1n) is 6.15.